The van der Waals surface area contributed by atoms with Crippen LogP contribution in [0.3, 0.4) is 0 Å². The molecule has 1 saturated heterocycles. The molecule has 0 bridgehead atoms. The Bertz CT molecular complexity index is 938. The van der Waals surface area contributed by atoms with Crippen LogP contribution in [-0.4, -0.2) is 45.1 Å². The van der Waals surface area contributed by atoms with E-state index in [1.165, 1.54) is 0 Å². The van der Waals surface area contributed by atoms with Gasteiger partial charge in [0.15, 0.2) is 0 Å². The summed E-state index contributed by atoms with van der Waals surface area (Å²) in [5.74, 6) is 0. The third kappa shape index (κ3) is 3.37. The van der Waals surface area contributed by atoms with E-state index < -0.39 is 0 Å². The molecule has 0 radical (unpaired) electrons. The lowest BCUT2D eigenvalue weighted by molar-refractivity contribution is 0.172. The molecule has 2 N–H and O–H groups in total. The zero-order valence-electron chi connectivity index (χ0n) is 14.4. The van der Waals surface area contributed by atoms with Gasteiger partial charge in [-0.3, -0.25) is 4.57 Å². The Morgan fingerprint density at radius 3 is 2.88 bits per heavy atom. The quantitative estimate of drug-likeness (QED) is 0.739. The van der Waals surface area contributed by atoms with Crippen molar-refractivity contribution in [2.75, 3.05) is 19.6 Å². The number of urea groups is 1. The van der Waals surface area contributed by atoms with Crippen molar-refractivity contribution in [3.63, 3.8) is 0 Å². The number of thiazole rings is 1. The van der Waals surface area contributed by atoms with E-state index in [9.17, 15) is 9.59 Å². The zero-order chi connectivity index (χ0) is 17.9. The maximum absolute atomic E-state index is 12.3. The molecule has 0 aliphatic carbocycles. The van der Waals surface area contributed by atoms with E-state index in [0.29, 0.717) is 19.6 Å². The summed E-state index contributed by atoms with van der Waals surface area (Å²) < 4.78 is 1.84. The number of carbonyl (C=O) groups is 1. The number of aromatic amines is 1. The van der Waals surface area contributed by atoms with Crippen LogP contribution in [0.2, 0.25) is 0 Å². The monoisotopic (exact) mass is 371 g/mol. The second kappa shape index (κ2) is 7.33. The first-order chi connectivity index (χ1) is 12.7. The van der Waals surface area contributed by atoms with Crippen molar-refractivity contribution in [1.29, 1.82) is 0 Å². The number of H-pyrrole nitrogens is 1. The fourth-order valence-electron chi connectivity index (χ4n) is 3.53. The van der Waals surface area contributed by atoms with Gasteiger partial charge in [0.25, 0.3) is 0 Å². The number of aromatic nitrogens is 3. The number of fused-ring (bicyclic) bond motifs is 1. The number of hydrogen-bond acceptors (Lipinski definition) is 4. The third-order valence-corrected chi connectivity index (χ3v) is 5.68. The lowest BCUT2D eigenvalue weighted by atomic mass is 10.0. The number of imidazole rings is 1. The summed E-state index contributed by atoms with van der Waals surface area (Å²) in [5, 5.41) is 5.93. The number of carbonyl (C=O) groups excluding carboxylic acids is 1. The minimum atomic E-state index is -0.0717. The lowest BCUT2D eigenvalue weighted by Gasteiger charge is -2.32. The van der Waals surface area contributed by atoms with E-state index in [4.69, 9.17) is 0 Å². The number of rotatable bonds is 4. The molecule has 1 aromatic carbocycles. The van der Waals surface area contributed by atoms with Crippen molar-refractivity contribution in [1.82, 2.24) is 24.8 Å². The van der Waals surface area contributed by atoms with Crippen LogP contribution in [0, 0.1) is 0 Å². The van der Waals surface area contributed by atoms with E-state index in [2.05, 4.69) is 15.3 Å². The number of para-hydroxylation sites is 2. The van der Waals surface area contributed by atoms with Crippen molar-refractivity contribution in [3.05, 3.63) is 51.3 Å². The molecule has 3 aromatic rings. The molecular formula is C18H21N5O2S. The number of likely N-dealkylation sites (tertiary alicyclic amines) is 1. The SMILES string of the molecule is O=C(NCCc1nccs1)N1CCC(n2c(=O)[nH]c3ccccc32)CC1. The van der Waals surface area contributed by atoms with Gasteiger partial charge in [-0.05, 0) is 25.0 Å². The number of nitrogens with one attached hydrogen (secondary N) is 2. The normalized spacial score (nSPS) is 15.5. The number of benzene rings is 1. The topological polar surface area (TPSA) is 83.0 Å². The molecule has 0 saturated carbocycles. The van der Waals surface area contributed by atoms with Gasteiger partial charge in [0, 0.05) is 43.7 Å². The maximum Gasteiger partial charge on any atom is 0.326 e. The Morgan fingerprint density at radius 2 is 2.12 bits per heavy atom. The van der Waals surface area contributed by atoms with Crippen LogP contribution in [0.15, 0.2) is 40.6 Å². The van der Waals surface area contributed by atoms with Gasteiger partial charge in [0.1, 0.15) is 0 Å². The second-order valence-electron chi connectivity index (χ2n) is 6.44. The molecular weight excluding hydrogens is 350 g/mol. The molecule has 136 valence electrons. The fourth-order valence-corrected chi connectivity index (χ4v) is 4.15. The molecule has 8 heteroatoms. The smallest absolute Gasteiger partial charge is 0.326 e. The summed E-state index contributed by atoms with van der Waals surface area (Å²) in [7, 11) is 0. The van der Waals surface area contributed by atoms with Crippen molar-refractivity contribution >= 4 is 28.4 Å². The Hall–Kier alpha value is -2.61. The number of hydrogen-bond donors (Lipinski definition) is 2. The van der Waals surface area contributed by atoms with Gasteiger partial charge in [0.2, 0.25) is 0 Å². The van der Waals surface area contributed by atoms with Crippen LogP contribution >= 0.6 is 11.3 Å². The van der Waals surface area contributed by atoms with Crippen LogP contribution in [0.1, 0.15) is 23.9 Å². The first kappa shape index (κ1) is 16.8. The first-order valence-corrected chi connectivity index (χ1v) is 9.71. The highest BCUT2D eigenvalue weighted by Crippen LogP contribution is 2.24. The van der Waals surface area contributed by atoms with Crippen LogP contribution in [0.5, 0.6) is 0 Å². The summed E-state index contributed by atoms with van der Waals surface area (Å²) in [5.41, 5.74) is 1.72. The van der Waals surface area contributed by atoms with Crippen molar-refractivity contribution in [2.24, 2.45) is 0 Å². The third-order valence-electron chi connectivity index (χ3n) is 4.84. The van der Waals surface area contributed by atoms with Crippen LogP contribution in [0.25, 0.3) is 11.0 Å². The Balaban J connectivity index is 1.34. The summed E-state index contributed by atoms with van der Waals surface area (Å²) in [6.07, 6.45) is 4.09. The Kier molecular flexibility index (Phi) is 4.75. The zero-order valence-corrected chi connectivity index (χ0v) is 15.2. The minimum absolute atomic E-state index is 0.0359. The molecule has 0 atom stereocenters. The van der Waals surface area contributed by atoms with Crippen LogP contribution in [0.4, 0.5) is 4.79 Å². The Morgan fingerprint density at radius 1 is 1.31 bits per heavy atom. The largest absolute Gasteiger partial charge is 0.338 e. The predicted octanol–water partition coefficient (Wildman–Crippen LogP) is 2.38. The minimum Gasteiger partial charge on any atom is -0.338 e. The molecule has 3 heterocycles. The molecule has 2 amide bonds. The molecule has 0 spiro atoms. The number of amides is 2. The van der Waals surface area contributed by atoms with Crippen molar-refractivity contribution in [2.45, 2.75) is 25.3 Å². The van der Waals surface area contributed by atoms with E-state index in [-0.39, 0.29) is 17.8 Å². The van der Waals surface area contributed by atoms with Gasteiger partial charge in [0.05, 0.1) is 16.0 Å². The molecule has 2 aromatic heterocycles. The highest BCUT2D eigenvalue weighted by atomic mass is 32.1. The summed E-state index contributed by atoms with van der Waals surface area (Å²) in [4.78, 5) is 33.6. The second-order valence-corrected chi connectivity index (χ2v) is 7.42. The van der Waals surface area contributed by atoms with E-state index in [0.717, 1.165) is 35.3 Å². The summed E-state index contributed by atoms with van der Waals surface area (Å²) in [6, 6.07) is 7.83. The molecule has 1 aliphatic heterocycles. The maximum atomic E-state index is 12.3. The molecule has 4 rings (SSSR count). The van der Waals surface area contributed by atoms with Gasteiger partial charge in [-0.1, -0.05) is 12.1 Å². The molecule has 7 nitrogen and oxygen atoms in total. The predicted molar refractivity (Wildman–Crippen MR) is 102 cm³/mol. The standard InChI is InChI=1S/C18H21N5O2S/c24-17(20-8-5-16-19-9-12-26-16)22-10-6-13(7-11-22)23-15-4-2-1-3-14(15)21-18(23)25/h1-4,9,12-13H,5-8,10-11H2,(H,20,24)(H,21,25). The van der Waals surface area contributed by atoms with Gasteiger partial charge in [-0.15, -0.1) is 11.3 Å². The molecule has 26 heavy (non-hydrogen) atoms. The fraction of sp³-hybridized carbons (Fsp3) is 0.389. The highest BCUT2D eigenvalue weighted by Gasteiger charge is 2.25. The Labute approximate surface area is 154 Å². The average molecular weight is 371 g/mol. The lowest BCUT2D eigenvalue weighted by Crippen LogP contribution is -2.45. The van der Waals surface area contributed by atoms with Gasteiger partial charge in [-0.2, -0.15) is 0 Å². The van der Waals surface area contributed by atoms with E-state index in [1.54, 1.807) is 17.5 Å². The molecule has 0 unspecified atom stereocenters. The van der Waals surface area contributed by atoms with Crippen LogP contribution in [-0.2, 0) is 6.42 Å². The van der Waals surface area contributed by atoms with Gasteiger partial charge < -0.3 is 15.2 Å². The van der Waals surface area contributed by atoms with E-state index in [1.807, 2.05) is 39.1 Å². The molecule has 1 fully saturated rings. The first-order valence-electron chi connectivity index (χ1n) is 8.83. The van der Waals surface area contributed by atoms with E-state index >= 15 is 0 Å². The van der Waals surface area contributed by atoms with Crippen molar-refractivity contribution < 1.29 is 4.79 Å². The highest BCUT2D eigenvalue weighted by molar-refractivity contribution is 7.09. The van der Waals surface area contributed by atoms with Gasteiger partial charge >= 0.3 is 11.7 Å². The summed E-state index contributed by atoms with van der Waals surface area (Å²) >= 11 is 1.60. The number of piperidine rings is 1. The number of nitrogens with zero attached hydrogens (tertiary/aromatic N) is 3. The van der Waals surface area contributed by atoms with Crippen LogP contribution < -0.4 is 11.0 Å². The van der Waals surface area contributed by atoms with Crippen molar-refractivity contribution in [3.8, 4) is 0 Å². The summed E-state index contributed by atoms with van der Waals surface area (Å²) in [6.45, 7) is 1.90. The molecule has 1 aliphatic rings. The average Bonchev–Trinajstić information content (AvgIpc) is 3.28. The van der Waals surface area contributed by atoms with Gasteiger partial charge in [-0.25, -0.2) is 14.6 Å².